The second kappa shape index (κ2) is 7.24. The molecule has 2 atom stereocenters. The Labute approximate surface area is 139 Å². The summed E-state index contributed by atoms with van der Waals surface area (Å²) < 4.78 is 0. The largest absolute Gasteiger partial charge is 0.324 e. The van der Waals surface area contributed by atoms with Crippen LogP contribution >= 0.6 is 23.5 Å². The minimum atomic E-state index is -0.437. The Morgan fingerprint density at radius 1 is 0.727 bits per heavy atom. The van der Waals surface area contributed by atoms with Gasteiger partial charge in [0.15, 0.2) is 0 Å². The Morgan fingerprint density at radius 2 is 1.09 bits per heavy atom. The molecule has 22 heavy (non-hydrogen) atoms. The van der Waals surface area contributed by atoms with Crippen molar-refractivity contribution in [1.82, 2.24) is 10.6 Å². The van der Waals surface area contributed by atoms with Gasteiger partial charge in [-0.15, -0.1) is 23.5 Å². The van der Waals surface area contributed by atoms with Crippen LogP contribution in [0.5, 0.6) is 0 Å². The molecule has 2 rings (SSSR count). The first-order valence-corrected chi connectivity index (χ1v) is 8.92. The molecule has 0 spiro atoms. The molecule has 0 bridgehead atoms. The molecule has 2 amide bonds. The lowest BCUT2D eigenvalue weighted by atomic mass is 10.2. The Kier molecular flexibility index (Phi) is 5.58. The third-order valence-corrected chi connectivity index (χ3v) is 6.52. The predicted molar refractivity (Wildman–Crippen MR) is 94.1 cm³/mol. The van der Waals surface area contributed by atoms with Gasteiger partial charge in [-0.2, -0.15) is 0 Å². The Balaban J connectivity index is 2.28. The van der Waals surface area contributed by atoms with Crippen LogP contribution in [0.25, 0.3) is 0 Å². The molecule has 2 aliphatic heterocycles. The molecule has 2 fully saturated rings. The summed E-state index contributed by atoms with van der Waals surface area (Å²) in [5.41, 5.74) is 1.63. The number of thioether (sulfide) groups is 2. The average Bonchev–Trinajstić information content (AvgIpc) is 2.54. The van der Waals surface area contributed by atoms with E-state index in [1.54, 1.807) is 0 Å². The molecule has 0 saturated carbocycles. The molecule has 0 aromatic heterocycles. The second-order valence-corrected chi connectivity index (χ2v) is 7.13. The van der Waals surface area contributed by atoms with Crippen LogP contribution in [0.3, 0.4) is 0 Å². The van der Waals surface area contributed by atoms with Crippen molar-refractivity contribution in [3.05, 3.63) is 45.5 Å². The maximum atomic E-state index is 12.4. The van der Waals surface area contributed by atoms with Crippen LogP contribution in [-0.4, -0.2) is 22.3 Å². The fraction of sp³-hybridized carbons (Fsp3) is 0.375. The van der Waals surface area contributed by atoms with Crippen LogP contribution in [0.2, 0.25) is 0 Å². The third kappa shape index (κ3) is 3.17. The lowest BCUT2D eigenvalue weighted by Crippen LogP contribution is -2.50. The fourth-order valence-electron chi connectivity index (χ4n) is 2.31. The van der Waals surface area contributed by atoms with Crippen LogP contribution in [0.1, 0.15) is 27.7 Å². The van der Waals surface area contributed by atoms with Crippen LogP contribution in [0, 0.1) is 0 Å². The number of rotatable bonds is 1. The lowest BCUT2D eigenvalue weighted by Gasteiger charge is -2.34. The SMILES string of the molecule is C/C=C1/NC(=O)C(C2SC(=C/C)/C(=C\C)NC2=O)S/C1=C/C. The highest BCUT2D eigenvalue weighted by atomic mass is 32.2. The molecule has 2 unspecified atom stereocenters. The molecule has 0 aromatic carbocycles. The first-order valence-electron chi connectivity index (χ1n) is 7.16. The number of allylic oxidation sites excluding steroid dienone is 4. The molecule has 118 valence electrons. The summed E-state index contributed by atoms with van der Waals surface area (Å²) in [7, 11) is 0. The van der Waals surface area contributed by atoms with Gasteiger partial charge in [0.2, 0.25) is 11.8 Å². The highest BCUT2D eigenvalue weighted by Crippen LogP contribution is 2.42. The highest BCUT2D eigenvalue weighted by molar-refractivity contribution is 8.08. The van der Waals surface area contributed by atoms with Gasteiger partial charge in [-0.25, -0.2) is 0 Å². The van der Waals surface area contributed by atoms with E-state index < -0.39 is 10.5 Å². The predicted octanol–water partition coefficient (Wildman–Crippen LogP) is 3.06. The zero-order valence-corrected chi connectivity index (χ0v) is 14.7. The summed E-state index contributed by atoms with van der Waals surface area (Å²) in [6, 6.07) is 0. The van der Waals surface area contributed by atoms with E-state index >= 15 is 0 Å². The van der Waals surface area contributed by atoms with E-state index in [4.69, 9.17) is 0 Å². The van der Waals surface area contributed by atoms with Gasteiger partial charge in [0.05, 0.1) is 0 Å². The van der Waals surface area contributed by atoms with Crippen molar-refractivity contribution in [3.63, 3.8) is 0 Å². The van der Waals surface area contributed by atoms with Gasteiger partial charge >= 0.3 is 0 Å². The van der Waals surface area contributed by atoms with Crippen molar-refractivity contribution in [2.75, 3.05) is 0 Å². The van der Waals surface area contributed by atoms with Crippen molar-refractivity contribution in [1.29, 1.82) is 0 Å². The number of amides is 2. The quantitative estimate of drug-likeness (QED) is 0.773. The number of hydrogen-bond acceptors (Lipinski definition) is 4. The van der Waals surface area contributed by atoms with E-state index in [1.165, 1.54) is 23.5 Å². The van der Waals surface area contributed by atoms with E-state index in [0.29, 0.717) is 0 Å². The van der Waals surface area contributed by atoms with E-state index in [2.05, 4.69) is 10.6 Å². The zero-order valence-electron chi connectivity index (χ0n) is 13.1. The maximum absolute atomic E-state index is 12.4. The first-order chi connectivity index (χ1) is 10.5. The molecule has 2 saturated heterocycles. The minimum absolute atomic E-state index is 0.115. The lowest BCUT2D eigenvalue weighted by molar-refractivity contribution is -0.124. The molecule has 6 heteroatoms. The van der Waals surface area contributed by atoms with Gasteiger partial charge < -0.3 is 10.6 Å². The summed E-state index contributed by atoms with van der Waals surface area (Å²) in [5, 5.41) is 4.92. The van der Waals surface area contributed by atoms with Crippen LogP contribution in [-0.2, 0) is 9.59 Å². The van der Waals surface area contributed by atoms with E-state index in [0.717, 1.165) is 21.2 Å². The van der Waals surface area contributed by atoms with Gasteiger partial charge in [0, 0.05) is 21.2 Å². The summed E-state index contributed by atoms with van der Waals surface area (Å²) in [5.74, 6) is -0.230. The molecular formula is C16H20N2O2S2. The third-order valence-electron chi connectivity index (χ3n) is 3.45. The molecule has 0 aliphatic carbocycles. The van der Waals surface area contributed by atoms with Crippen LogP contribution < -0.4 is 10.6 Å². The number of carbonyl (C=O) groups is 2. The van der Waals surface area contributed by atoms with Crippen molar-refractivity contribution in [3.8, 4) is 0 Å². The molecule has 0 radical (unpaired) electrons. The molecule has 2 N–H and O–H groups in total. The summed E-state index contributed by atoms with van der Waals surface area (Å²) in [6.07, 6.45) is 7.68. The summed E-state index contributed by atoms with van der Waals surface area (Å²) >= 11 is 2.91. The highest BCUT2D eigenvalue weighted by Gasteiger charge is 2.42. The minimum Gasteiger partial charge on any atom is -0.324 e. The Hall–Kier alpha value is -1.40. The molecule has 0 aromatic rings. The maximum Gasteiger partial charge on any atom is 0.239 e. The number of hydrogen-bond donors (Lipinski definition) is 2. The van der Waals surface area contributed by atoms with Crippen LogP contribution in [0.4, 0.5) is 0 Å². The Morgan fingerprint density at radius 3 is 1.36 bits per heavy atom. The smallest absolute Gasteiger partial charge is 0.239 e. The van der Waals surface area contributed by atoms with Gasteiger partial charge in [0.1, 0.15) is 10.5 Å². The van der Waals surface area contributed by atoms with Crippen molar-refractivity contribution in [2.24, 2.45) is 0 Å². The fourth-order valence-corrected chi connectivity index (χ4v) is 4.88. The number of nitrogens with one attached hydrogen (secondary N) is 2. The van der Waals surface area contributed by atoms with Crippen molar-refractivity contribution >= 4 is 35.3 Å². The molecule has 2 heterocycles. The topological polar surface area (TPSA) is 58.2 Å². The monoisotopic (exact) mass is 336 g/mol. The molecular weight excluding hydrogens is 316 g/mol. The van der Waals surface area contributed by atoms with E-state index in [1.807, 2.05) is 52.0 Å². The van der Waals surface area contributed by atoms with E-state index in [-0.39, 0.29) is 11.8 Å². The van der Waals surface area contributed by atoms with Crippen LogP contribution in [0.15, 0.2) is 45.5 Å². The molecule has 4 nitrogen and oxygen atoms in total. The van der Waals surface area contributed by atoms with Gasteiger partial charge in [-0.05, 0) is 27.7 Å². The Bertz CT molecular complexity index is 564. The van der Waals surface area contributed by atoms with Gasteiger partial charge in [-0.3, -0.25) is 9.59 Å². The van der Waals surface area contributed by atoms with Gasteiger partial charge in [0.25, 0.3) is 0 Å². The second-order valence-electron chi connectivity index (χ2n) is 4.77. The number of carbonyl (C=O) groups excluding carboxylic acids is 2. The first kappa shape index (κ1) is 17.0. The van der Waals surface area contributed by atoms with Gasteiger partial charge in [-0.1, -0.05) is 24.3 Å². The van der Waals surface area contributed by atoms with E-state index in [9.17, 15) is 9.59 Å². The summed E-state index contributed by atoms with van der Waals surface area (Å²) in [6.45, 7) is 7.64. The molecule has 2 aliphatic rings. The average molecular weight is 336 g/mol. The standard InChI is InChI=1S/C16H20N2O2S2/c1-5-9-11(7-3)21-13(15(19)17-9)14-16(20)18-10(6-2)12(8-4)22-14/h5-8,13-14H,1-4H3,(H,17,19)(H,18,20)/b9-5+,10-6+,11-7+,12-8+. The van der Waals surface area contributed by atoms with Crippen molar-refractivity contribution in [2.45, 2.75) is 38.2 Å². The summed E-state index contributed by atoms with van der Waals surface area (Å²) in [4.78, 5) is 26.8. The normalized spacial score (nSPS) is 33.5. The zero-order chi connectivity index (χ0) is 16.3. The van der Waals surface area contributed by atoms with Crippen molar-refractivity contribution < 1.29 is 9.59 Å².